The zero-order valence-corrected chi connectivity index (χ0v) is 33.0. The van der Waals surface area contributed by atoms with Gasteiger partial charge in [0.15, 0.2) is 18.9 Å². The van der Waals surface area contributed by atoms with Crippen molar-refractivity contribution in [1.29, 1.82) is 0 Å². The summed E-state index contributed by atoms with van der Waals surface area (Å²) < 4.78 is 4.82. The number of unbranched alkanes of at least 4 members (excludes halogenated alkanes) is 3. The SMILES string of the molecule is CCCCCC(C)(C)c1ccc2c(ccc3c4cc[n+](C)c(-c5cccc(CCCC)c5CC[n+]5ccccc5-c5ccccc5CC)c4ccc23)c1. The molecule has 0 atom stereocenters. The van der Waals surface area contributed by atoms with Crippen molar-refractivity contribution in [1.82, 2.24) is 0 Å². The number of aromatic nitrogens is 2. The first-order chi connectivity index (χ1) is 25.8. The molecule has 270 valence electrons. The number of benzene rings is 5. The monoisotopic (exact) mass is 698 g/mol. The maximum Gasteiger partial charge on any atom is 0.220 e. The lowest BCUT2D eigenvalue weighted by atomic mass is 9.79. The lowest BCUT2D eigenvalue weighted by Crippen LogP contribution is -2.37. The van der Waals surface area contributed by atoms with Crippen molar-refractivity contribution >= 4 is 32.3 Å². The van der Waals surface area contributed by atoms with E-state index >= 15 is 0 Å². The van der Waals surface area contributed by atoms with Crippen LogP contribution in [0.15, 0.2) is 122 Å². The fourth-order valence-electron chi connectivity index (χ4n) is 8.70. The van der Waals surface area contributed by atoms with Crippen LogP contribution in [0.2, 0.25) is 0 Å². The number of fused-ring (bicyclic) bond motifs is 5. The third kappa shape index (κ3) is 7.39. The number of rotatable bonds is 14. The average molecular weight is 699 g/mol. The molecule has 53 heavy (non-hydrogen) atoms. The molecule has 0 aliphatic carbocycles. The molecule has 5 aromatic carbocycles. The first-order valence-electron chi connectivity index (χ1n) is 20.3. The Kier molecular flexibility index (Phi) is 11.1. The lowest BCUT2D eigenvalue weighted by molar-refractivity contribution is -0.685. The molecule has 2 heterocycles. The maximum atomic E-state index is 2.47. The van der Waals surface area contributed by atoms with Crippen LogP contribution in [0.25, 0.3) is 54.8 Å². The zero-order chi connectivity index (χ0) is 37.0. The summed E-state index contributed by atoms with van der Waals surface area (Å²) in [6, 6.07) is 41.6. The van der Waals surface area contributed by atoms with Gasteiger partial charge in [-0.3, -0.25) is 0 Å². The van der Waals surface area contributed by atoms with Crippen LogP contribution < -0.4 is 9.13 Å². The van der Waals surface area contributed by atoms with Crippen LogP contribution in [0.3, 0.4) is 0 Å². The van der Waals surface area contributed by atoms with Crippen LogP contribution in [0.4, 0.5) is 0 Å². The molecule has 0 aliphatic heterocycles. The molecule has 0 unspecified atom stereocenters. The Balaban J connectivity index is 1.32. The highest BCUT2D eigenvalue weighted by Crippen LogP contribution is 2.38. The molecule has 2 nitrogen and oxygen atoms in total. The fourth-order valence-corrected chi connectivity index (χ4v) is 8.70. The maximum absolute atomic E-state index is 2.47. The van der Waals surface area contributed by atoms with Gasteiger partial charge >= 0.3 is 0 Å². The molecular weight excluding hydrogens is 641 g/mol. The minimum Gasteiger partial charge on any atom is -0.200 e. The Labute approximate surface area is 318 Å². The number of nitrogens with zero attached hydrogens (tertiary/aromatic N) is 2. The lowest BCUT2D eigenvalue weighted by Gasteiger charge is -2.26. The molecule has 0 aliphatic rings. The average Bonchev–Trinajstić information content (AvgIpc) is 3.19. The second-order valence-corrected chi connectivity index (χ2v) is 15.8. The Morgan fingerprint density at radius 1 is 0.566 bits per heavy atom. The van der Waals surface area contributed by atoms with Crippen LogP contribution in [-0.4, -0.2) is 0 Å². The van der Waals surface area contributed by atoms with Crippen LogP contribution in [-0.2, 0) is 38.3 Å². The molecule has 7 rings (SSSR count). The summed E-state index contributed by atoms with van der Waals surface area (Å²) >= 11 is 0. The highest BCUT2D eigenvalue weighted by atomic mass is 15.0. The summed E-state index contributed by atoms with van der Waals surface area (Å²) in [5, 5.41) is 7.98. The largest absolute Gasteiger partial charge is 0.220 e. The highest BCUT2D eigenvalue weighted by Gasteiger charge is 2.24. The van der Waals surface area contributed by atoms with Gasteiger partial charge in [-0.2, -0.15) is 4.57 Å². The van der Waals surface area contributed by atoms with Crippen LogP contribution in [0, 0.1) is 0 Å². The van der Waals surface area contributed by atoms with Gasteiger partial charge in [-0.05, 0) is 99.2 Å². The fraction of sp³-hybridized carbons (Fsp3) is 0.333. The van der Waals surface area contributed by atoms with E-state index in [1.54, 1.807) is 0 Å². The summed E-state index contributed by atoms with van der Waals surface area (Å²) in [6.45, 7) is 12.6. The molecule has 2 aromatic heterocycles. The van der Waals surface area contributed by atoms with Gasteiger partial charge in [0.1, 0.15) is 7.05 Å². The second kappa shape index (κ2) is 16.0. The van der Waals surface area contributed by atoms with E-state index in [0.29, 0.717) is 0 Å². The molecule has 7 aromatic rings. The number of pyridine rings is 2. The van der Waals surface area contributed by atoms with Crippen molar-refractivity contribution < 1.29 is 9.13 Å². The van der Waals surface area contributed by atoms with Gasteiger partial charge < -0.3 is 0 Å². The van der Waals surface area contributed by atoms with Gasteiger partial charge in [0.2, 0.25) is 11.4 Å². The highest BCUT2D eigenvalue weighted by molar-refractivity contribution is 6.18. The molecule has 0 amide bonds. The van der Waals surface area contributed by atoms with Crippen molar-refractivity contribution in [3.05, 3.63) is 144 Å². The summed E-state index contributed by atoms with van der Waals surface area (Å²) in [5.74, 6) is 0. The van der Waals surface area contributed by atoms with Crippen molar-refractivity contribution in [3.8, 4) is 22.5 Å². The van der Waals surface area contributed by atoms with E-state index in [4.69, 9.17) is 0 Å². The number of hydrogen-bond acceptors (Lipinski definition) is 0. The molecule has 0 radical (unpaired) electrons. The minimum atomic E-state index is 0.176. The van der Waals surface area contributed by atoms with E-state index in [1.165, 1.54) is 116 Å². The van der Waals surface area contributed by atoms with Gasteiger partial charge in [0, 0.05) is 35.6 Å². The quantitative estimate of drug-likeness (QED) is 0.0607. The van der Waals surface area contributed by atoms with E-state index in [1.807, 2.05) is 0 Å². The zero-order valence-electron chi connectivity index (χ0n) is 33.0. The molecule has 0 fully saturated rings. The van der Waals surface area contributed by atoms with Crippen LogP contribution in [0.1, 0.15) is 95.4 Å². The first kappa shape index (κ1) is 36.5. The third-order valence-corrected chi connectivity index (χ3v) is 11.9. The molecule has 0 spiro atoms. The normalized spacial score (nSPS) is 12.0. The summed E-state index contributed by atoms with van der Waals surface area (Å²) in [4.78, 5) is 0. The van der Waals surface area contributed by atoms with Gasteiger partial charge in [-0.15, -0.1) is 0 Å². The Morgan fingerprint density at radius 3 is 2.09 bits per heavy atom. The Bertz CT molecular complexity index is 2380. The number of hydrogen-bond donors (Lipinski definition) is 0. The van der Waals surface area contributed by atoms with E-state index < -0.39 is 0 Å². The molecule has 2 heteroatoms. The number of aryl methyl sites for hydroxylation is 4. The van der Waals surface area contributed by atoms with Crippen LogP contribution >= 0.6 is 0 Å². The van der Waals surface area contributed by atoms with Crippen molar-refractivity contribution in [2.24, 2.45) is 7.05 Å². The summed E-state index contributed by atoms with van der Waals surface area (Å²) in [7, 11) is 2.22. The first-order valence-corrected chi connectivity index (χ1v) is 20.3. The van der Waals surface area contributed by atoms with Crippen molar-refractivity contribution in [2.75, 3.05) is 0 Å². The molecule has 0 N–H and O–H groups in total. The van der Waals surface area contributed by atoms with Gasteiger partial charge in [-0.25, -0.2) is 4.57 Å². The molecular formula is C51H58N2+2. The van der Waals surface area contributed by atoms with E-state index in [0.717, 1.165) is 25.8 Å². The van der Waals surface area contributed by atoms with Gasteiger partial charge in [0.25, 0.3) is 0 Å². The standard InChI is InChI=1S/C51H58N2/c1-7-10-15-32-51(4,5)40-25-27-41-39(36-40)24-26-45-44(41)28-29-48-46(45)30-34-52(6)50(48)47-22-17-20-38(18-11-8-2)42(47)31-35-53-33-16-14-23-49(53)43-21-13-12-19-37(43)9-3/h12-14,16-17,19-30,33-34,36H,7-11,15,18,31-32,35H2,1-6H3/q+2. The summed E-state index contributed by atoms with van der Waals surface area (Å²) in [6.07, 6.45) is 15.1. The molecule has 0 saturated heterocycles. The molecule has 0 bridgehead atoms. The van der Waals surface area contributed by atoms with Crippen molar-refractivity contribution in [2.45, 2.75) is 104 Å². The second-order valence-electron chi connectivity index (χ2n) is 15.8. The van der Waals surface area contributed by atoms with Crippen molar-refractivity contribution in [3.63, 3.8) is 0 Å². The van der Waals surface area contributed by atoms with Gasteiger partial charge in [0.05, 0.1) is 10.9 Å². The predicted octanol–water partition coefficient (Wildman–Crippen LogP) is 12.6. The predicted molar refractivity (Wildman–Crippen MR) is 227 cm³/mol. The van der Waals surface area contributed by atoms with E-state index in [-0.39, 0.29) is 5.41 Å². The molecule has 0 saturated carbocycles. The smallest absolute Gasteiger partial charge is 0.200 e. The van der Waals surface area contributed by atoms with Gasteiger partial charge in [-0.1, -0.05) is 127 Å². The van der Waals surface area contributed by atoms with E-state index in [9.17, 15) is 0 Å². The third-order valence-electron chi connectivity index (χ3n) is 11.9. The summed E-state index contributed by atoms with van der Waals surface area (Å²) in [5.41, 5.74) is 11.3. The Hall–Kier alpha value is -4.82. The van der Waals surface area contributed by atoms with Crippen LogP contribution in [0.5, 0.6) is 0 Å². The minimum absolute atomic E-state index is 0.176. The van der Waals surface area contributed by atoms with E-state index in [2.05, 4.69) is 172 Å². The topological polar surface area (TPSA) is 7.76 Å². The Morgan fingerprint density at radius 2 is 1.26 bits per heavy atom.